The zero-order valence-corrected chi connectivity index (χ0v) is 16.6. The lowest BCUT2D eigenvalue weighted by atomic mass is 10.2. The molecule has 8 heteroatoms. The summed E-state index contributed by atoms with van der Waals surface area (Å²) >= 11 is 1.34. The van der Waals surface area contributed by atoms with Gasteiger partial charge in [-0.2, -0.15) is 0 Å². The fourth-order valence-electron chi connectivity index (χ4n) is 3.29. The number of para-hydroxylation sites is 1. The molecule has 148 valence electrons. The fraction of sp³-hybridized carbons (Fsp3) is 0.238. The second-order valence-corrected chi connectivity index (χ2v) is 7.60. The molecule has 1 saturated heterocycles. The van der Waals surface area contributed by atoms with E-state index in [0.717, 1.165) is 0 Å². The lowest BCUT2D eigenvalue weighted by Crippen LogP contribution is -2.31. The van der Waals surface area contributed by atoms with Crippen LogP contribution in [0.5, 0.6) is 5.75 Å². The lowest BCUT2D eigenvalue weighted by molar-refractivity contribution is -0.137. The third-order valence-corrected chi connectivity index (χ3v) is 5.68. The molecule has 0 N–H and O–H groups in total. The van der Waals surface area contributed by atoms with E-state index in [9.17, 15) is 14.4 Å². The lowest BCUT2D eigenvalue weighted by Gasteiger charge is -2.16. The molecule has 0 radical (unpaired) electrons. The van der Waals surface area contributed by atoms with Gasteiger partial charge >= 0.3 is 0 Å². The molecule has 0 unspecified atom stereocenters. The number of imide groups is 1. The molecule has 2 amide bonds. The number of ether oxygens (including phenoxy) is 1. The van der Waals surface area contributed by atoms with Crippen LogP contribution in [0.4, 0.5) is 0 Å². The van der Waals surface area contributed by atoms with Crippen molar-refractivity contribution < 1.29 is 14.3 Å². The first-order valence-corrected chi connectivity index (χ1v) is 10.2. The number of likely N-dealkylation sites (tertiary alicyclic amines) is 1. The molecule has 3 aromatic rings. The average Bonchev–Trinajstić information content (AvgIpc) is 3.06. The van der Waals surface area contributed by atoms with Crippen molar-refractivity contribution in [3.63, 3.8) is 0 Å². The Balaban J connectivity index is 1.72. The number of thioether (sulfide) groups is 1. The van der Waals surface area contributed by atoms with E-state index in [1.54, 1.807) is 42.0 Å². The second kappa shape index (κ2) is 8.08. The van der Waals surface area contributed by atoms with Gasteiger partial charge in [-0.25, -0.2) is 4.98 Å². The highest BCUT2D eigenvalue weighted by Gasteiger charge is 2.28. The Hall–Kier alpha value is -3.13. The quantitative estimate of drug-likeness (QED) is 0.354. The largest absolute Gasteiger partial charge is 0.497 e. The first-order valence-electron chi connectivity index (χ1n) is 9.20. The summed E-state index contributed by atoms with van der Waals surface area (Å²) in [5.74, 6) is 0.790. The number of benzene rings is 2. The van der Waals surface area contributed by atoms with Gasteiger partial charge in [0.2, 0.25) is 11.8 Å². The number of hydrogen-bond acceptors (Lipinski definition) is 6. The van der Waals surface area contributed by atoms with E-state index < -0.39 is 0 Å². The minimum atomic E-state index is -0.181. The average molecular weight is 409 g/mol. The summed E-state index contributed by atoms with van der Waals surface area (Å²) < 4.78 is 6.84. The SMILES string of the molecule is COc1cccc(-n2c(SCCN3C(=O)CCC3=O)nc3ccccc3c2=O)c1. The predicted octanol–water partition coefficient (Wildman–Crippen LogP) is 2.64. The molecule has 1 aliphatic heterocycles. The van der Waals surface area contributed by atoms with Gasteiger partial charge in [-0.3, -0.25) is 23.9 Å². The summed E-state index contributed by atoms with van der Waals surface area (Å²) in [6, 6.07) is 14.4. The molecule has 1 aliphatic rings. The highest BCUT2D eigenvalue weighted by molar-refractivity contribution is 7.99. The molecule has 0 saturated carbocycles. The summed E-state index contributed by atoms with van der Waals surface area (Å²) in [5, 5.41) is 1.02. The van der Waals surface area contributed by atoms with Crippen LogP contribution in [0.2, 0.25) is 0 Å². The Labute approximate surface area is 171 Å². The minimum absolute atomic E-state index is 0.146. The molecule has 2 heterocycles. The molecule has 7 nitrogen and oxygen atoms in total. The molecule has 0 atom stereocenters. The van der Waals surface area contributed by atoms with Crippen molar-refractivity contribution in [1.82, 2.24) is 14.5 Å². The molecule has 0 bridgehead atoms. The number of rotatable bonds is 6. The summed E-state index contributed by atoms with van der Waals surface area (Å²) in [6.07, 6.45) is 0.540. The van der Waals surface area contributed by atoms with Crippen LogP contribution in [-0.4, -0.2) is 45.7 Å². The first-order chi connectivity index (χ1) is 14.1. The number of methoxy groups -OCH3 is 1. The Morgan fingerprint density at radius 3 is 2.55 bits per heavy atom. The number of amides is 2. The number of hydrogen-bond donors (Lipinski definition) is 0. The monoisotopic (exact) mass is 409 g/mol. The van der Waals surface area contributed by atoms with Gasteiger partial charge in [0.25, 0.3) is 5.56 Å². The molecule has 0 spiro atoms. The highest BCUT2D eigenvalue weighted by atomic mass is 32.2. The summed E-state index contributed by atoms with van der Waals surface area (Å²) in [4.78, 5) is 42.8. The highest BCUT2D eigenvalue weighted by Crippen LogP contribution is 2.24. The number of carbonyl (C=O) groups excluding carboxylic acids is 2. The summed E-state index contributed by atoms with van der Waals surface area (Å²) in [5.41, 5.74) is 1.07. The first kappa shape index (κ1) is 19.2. The van der Waals surface area contributed by atoms with E-state index in [1.807, 2.05) is 18.2 Å². The second-order valence-electron chi connectivity index (χ2n) is 6.54. The Morgan fingerprint density at radius 2 is 1.79 bits per heavy atom. The van der Waals surface area contributed by atoms with Gasteiger partial charge in [-0.05, 0) is 24.3 Å². The Morgan fingerprint density at radius 1 is 1.03 bits per heavy atom. The van der Waals surface area contributed by atoms with E-state index in [2.05, 4.69) is 4.98 Å². The van der Waals surface area contributed by atoms with E-state index in [0.29, 0.717) is 39.8 Å². The number of aromatic nitrogens is 2. The van der Waals surface area contributed by atoms with Crippen LogP contribution in [0.3, 0.4) is 0 Å². The van der Waals surface area contributed by atoms with Gasteiger partial charge in [0.15, 0.2) is 5.16 Å². The normalized spacial score (nSPS) is 14.0. The van der Waals surface area contributed by atoms with Crippen LogP contribution in [0.25, 0.3) is 16.6 Å². The van der Waals surface area contributed by atoms with Crippen molar-refractivity contribution in [2.75, 3.05) is 19.4 Å². The van der Waals surface area contributed by atoms with E-state index in [4.69, 9.17) is 4.74 Å². The van der Waals surface area contributed by atoms with Crippen molar-refractivity contribution >= 4 is 34.5 Å². The van der Waals surface area contributed by atoms with Crippen LogP contribution < -0.4 is 10.3 Å². The zero-order valence-electron chi connectivity index (χ0n) is 15.8. The topological polar surface area (TPSA) is 81.5 Å². The van der Waals surface area contributed by atoms with Crippen molar-refractivity contribution in [3.8, 4) is 11.4 Å². The Bertz CT molecular complexity index is 1140. The maximum Gasteiger partial charge on any atom is 0.266 e. The smallest absolute Gasteiger partial charge is 0.266 e. The van der Waals surface area contributed by atoms with Crippen molar-refractivity contribution in [2.45, 2.75) is 18.0 Å². The molecule has 4 rings (SSSR count). The molecular formula is C21H19N3O4S. The van der Waals surface area contributed by atoms with E-state index in [1.165, 1.54) is 16.7 Å². The fourth-order valence-corrected chi connectivity index (χ4v) is 4.22. The molecule has 2 aromatic carbocycles. The van der Waals surface area contributed by atoms with Crippen LogP contribution in [0.1, 0.15) is 12.8 Å². The third-order valence-electron chi connectivity index (χ3n) is 4.76. The van der Waals surface area contributed by atoms with Crippen molar-refractivity contribution in [3.05, 3.63) is 58.9 Å². The van der Waals surface area contributed by atoms with Crippen LogP contribution >= 0.6 is 11.8 Å². The Kier molecular flexibility index (Phi) is 5.35. The molecular weight excluding hydrogens is 390 g/mol. The van der Waals surface area contributed by atoms with Gasteiger partial charge < -0.3 is 4.74 Å². The van der Waals surface area contributed by atoms with E-state index in [-0.39, 0.29) is 30.2 Å². The van der Waals surface area contributed by atoms with Crippen LogP contribution in [-0.2, 0) is 9.59 Å². The van der Waals surface area contributed by atoms with E-state index >= 15 is 0 Å². The molecule has 0 aliphatic carbocycles. The van der Waals surface area contributed by atoms with Crippen LogP contribution in [0.15, 0.2) is 58.5 Å². The van der Waals surface area contributed by atoms with Gasteiger partial charge in [-0.15, -0.1) is 0 Å². The molecule has 29 heavy (non-hydrogen) atoms. The van der Waals surface area contributed by atoms with Gasteiger partial charge in [0.05, 0.1) is 23.7 Å². The van der Waals surface area contributed by atoms with Gasteiger partial charge in [-0.1, -0.05) is 30.0 Å². The molecule has 1 fully saturated rings. The molecule has 1 aromatic heterocycles. The maximum atomic E-state index is 13.2. The zero-order chi connectivity index (χ0) is 20.4. The predicted molar refractivity (Wildman–Crippen MR) is 111 cm³/mol. The third kappa shape index (κ3) is 3.75. The number of fused-ring (bicyclic) bond motifs is 1. The minimum Gasteiger partial charge on any atom is -0.497 e. The summed E-state index contributed by atoms with van der Waals surface area (Å²) in [7, 11) is 1.57. The van der Waals surface area contributed by atoms with Crippen molar-refractivity contribution in [1.29, 1.82) is 0 Å². The maximum absolute atomic E-state index is 13.2. The van der Waals surface area contributed by atoms with Crippen LogP contribution in [0, 0.1) is 0 Å². The van der Waals surface area contributed by atoms with Gasteiger partial charge in [0, 0.05) is 31.2 Å². The number of carbonyl (C=O) groups is 2. The number of nitrogens with zero attached hydrogens (tertiary/aromatic N) is 3. The van der Waals surface area contributed by atoms with Crippen molar-refractivity contribution in [2.24, 2.45) is 0 Å². The van der Waals surface area contributed by atoms with Gasteiger partial charge in [0.1, 0.15) is 5.75 Å². The standard InChI is InChI=1S/C21H19N3O4S/c1-28-15-6-4-5-14(13-15)24-20(27)16-7-2-3-8-17(16)22-21(24)29-12-11-23-18(25)9-10-19(23)26/h2-8,13H,9-12H2,1H3. The summed E-state index contributed by atoms with van der Waals surface area (Å²) in [6.45, 7) is 0.295.